The van der Waals surface area contributed by atoms with Crippen molar-refractivity contribution in [2.24, 2.45) is 0 Å². The number of fused-ring (bicyclic) bond motifs is 1. The van der Waals surface area contributed by atoms with E-state index < -0.39 is 11.7 Å². The maximum atomic E-state index is 13.2. The molecule has 3 aromatic rings. The van der Waals surface area contributed by atoms with Crippen molar-refractivity contribution < 1.29 is 29.2 Å². The molecule has 10 nitrogen and oxygen atoms in total. The molecule has 1 amide bonds. The third-order valence-electron chi connectivity index (χ3n) is 7.16. The normalized spacial score (nSPS) is 14.7. The zero-order valence-corrected chi connectivity index (χ0v) is 23.8. The van der Waals surface area contributed by atoms with Gasteiger partial charge in [-0.25, -0.2) is 4.79 Å². The van der Waals surface area contributed by atoms with Crippen molar-refractivity contribution in [3.63, 3.8) is 0 Å². The molecule has 0 saturated carbocycles. The molecule has 1 aromatic heterocycles. The summed E-state index contributed by atoms with van der Waals surface area (Å²) in [6.45, 7) is 8.41. The Balaban J connectivity index is 1.46. The summed E-state index contributed by atoms with van der Waals surface area (Å²) in [7, 11) is 3.15. The average Bonchev–Trinajstić information content (AvgIpc) is 2.91. The summed E-state index contributed by atoms with van der Waals surface area (Å²) in [5.74, 6) is 0.765. The molecule has 10 heteroatoms. The van der Waals surface area contributed by atoms with Gasteiger partial charge in [-0.1, -0.05) is 6.07 Å². The van der Waals surface area contributed by atoms with Gasteiger partial charge in [0, 0.05) is 56.3 Å². The number of phenolic OH excluding ortho intramolecular Hbond substituents is 2. The van der Waals surface area contributed by atoms with Gasteiger partial charge in [0.1, 0.15) is 17.1 Å². The number of ether oxygens (including phenoxy) is 3. The molecule has 0 unspecified atom stereocenters. The molecule has 0 bridgehead atoms. The van der Waals surface area contributed by atoms with Gasteiger partial charge in [0.15, 0.2) is 11.5 Å². The number of carbonyl (C=O) groups excluding carboxylic acids is 1. The second-order valence-corrected chi connectivity index (χ2v) is 11.1. The molecule has 1 fully saturated rings. The van der Waals surface area contributed by atoms with Crippen molar-refractivity contribution in [1.29, 1.82) is 0 Å². The summed E-state index contributed by atoms with van der Waals surface area (Å²) in [4.78, 5) is 30.2. The van der Waals surface area contributed by atoms with E-state index in [4.69, 9.17) is 14.2 Å². The number of aromatic hydroxyl groups is 2. The molecule has 0 radical (unpaired) electrons. The zero-order valence-electron chi connectivity index (χ0n) is 23.8. The van der Waals surface area contributed by atoms with Crippen molar-refractivity contribution >= 4 is 17.0 Å². The largest absolute Gasteiger partial charge is 0.504 e. The summed E-state index contributed by atoms with van der Waals surface area (Å²) in [6.07, 6.45) is 1.05. The Morgan fingerprint density at radius 2 is 1.70 bits per heavy atom. The van der Waals surface area contributed by atoms with Gasteiger partial charge in [-0.05, 0) is 63.4 Å². The fourth-order valence-corrected chi connectivity index (χ4v) is 5.08. The third-order valence-corrected chi connectivity index (χ3v) is 7.16. The van der Waals surface area contributed by atoms with Crippen LogP contribution in [-0.2, 0) is 17.8 Å². The summed E-state index contributed by atoms with van der Waals surface area (Å²) in [5, 5.41) is 20.5. The molecule has 1 aliphatic heterocycles. The van der Waals surface area contributed by atoms with Crippen LogP contribution < -0.4 is 15.0 Å². The second kappa shape index (κ2) is 12.1. The molecule has 40 heavy (non-hydrogen) atoms. The number of amides is 1. The second-order valence-electron chi connectivity index (χ2n) is 11.1. The Kier molecular flexibility index (Phi) is 8.78. The van der Waals surface area contributed by atoms with Crippen LogP contribution >= 0.6 is 0 Å². The van der Waals surface area contributed by atoms with Crippen molar-refractivity contribution in [3.05, 3.63) is 58.4 Å². The van der Waals surface area contributed by atoms with Crippen LogP contribution in [0, 0.1) is 0 Å². The van der Waals surface area contributed by atoms with Crippen LogP contribution in [0.2, 0.25) is 0 Å². The Morgan fingerprint density at radius 1 is 0.975 bits per heavy atom. The van der Waals surface area contributed by atoms with Gasteiger partial charge in [0.2, 0.25) is 0 Å². The molecule has 1 aliphatic rings. The predicted octanol–water partition coefficient (Wildman–Crippen LogP) is 4.33. The van der Waals surface area contributed by atoms with E-state index in [1.165, 1.54) is 18.2 Å². The fourth-order valence-electron chi connectivity index (χ4n) is 5.08. The summed E-state index contributed by atoms with van der Waals surface area (Å²) in [5.41, 5.74) is 0.668. The van der Waals surface area contributed by atoms with E-state index in [-0.39, 0.29) is 29.6 Å². The van der Waals surface area contributed by atoms with Gasteiger partial charge >= 0.3 is 6.09 Å². The smallest absolute Gasteiger partial charge is 0.410 e. The van der Waals surface area contributed by atoms with Crippen molar-refractivity contribution in [2.75, 3.05) is 33.9 Å². The molecule has 0 atom stereocenters. The molecular weight excluding hydrogens is 514 g/mol. The van der Waals surface area contributed by atoms with E-state index in [2.05, 4.69) is 4.90 Å². The standard InChI is InChI=1S/C30H39N3O7/c1-30(2,3)40-29(37)33(19-20-6-9-25(34)26(35)16-20)21-10-12-31(13-11-21)14-15-32-24-17-22(38-4)7-8-23(24)27(39-5)18-28(32)36/h6-9,16-18,21,34-35H,10-15,19H2,1-5H3. The predicted molar refractivity (Wildman–Crippen MR) is 152 cm³/mol. The lowest BCUT2D eigenvalue weighted by Gasteiger charge is -2.39. The molecule has 216 valence electrons. The number of benzene rings is 2. The first-order valence-corrected chi connectivity index (χ1v) is 13.5. The molecule has 2 heterocycles. The number of nitrogens with zero attached hydrogens (tertiary/aromatic N) is 3. The number of carbonyl (C=O) groups is 1. The minimum absolute atomic E-state index is 0.0594. The topological polar surface area (TPSA) is 114 Å². The molecule has 0 aliphatic carbocycles. The van der Waals surface area contributed by atoms with E-state index in [1.54, 1.807) is 29.8 Å². The Labute approximate surface area is 234 Å². The lowest BCUT2D eigenvalue weighted by Crippen LogP contribution is -2.49. The maximum Gasteiger partial charge on any atom is 0.410 e. The molecule has 0 spiro atoms. The number of phenols is 2. The van der Waals surface area contributed by atoms with Crippen molar-refractivity contribution in [3.8, 4) is 23.0 Å². The molecular formula is C30H39N3O7. The number of piperidine rings is 1. The SMILES string of the molecule is COc1ccc2c(OC)cc(=O)n(CCN3CCC(N(Cc4ccc(O)c(O)c4)C(=O)OC(C)(C)C)CC3)c2c1. The number of rotatable bonds is 8. The minimum atomic E-state index is -0.649. The van der Waals surface area contributed by atoms with Crippen molar-refractivity contribution in [1.82, 2.24) is 14.4 Å². The first kappa shape index (κ1) is 29.1. The van der Waals surface area contributed by atoms with Crippen LogP contribution in [-0.4, -0.2) is 76.2 Å². The first-order valence-electron chi connectivity index (χ1n) is 13.5. The Morgan fingerprint density at radius 3 is 2.33 bits per heavy atom. The van der Waals surface area contributed by atoms with Gasteiger partial charge in [-0.15, -0.1) is 0 Å². The van der Waals surface area contributed by atoms with Crippen LogP contribution in [0.3, 0.4) is 0 Å². The van der Waals surface area contributed by atoms with Crippen LogP contribution in [0.1, 0.15) is 39.2 Å². The number of aromatic nitrogens is 1. The van der Waals surface area contributed by atoms with Gasteiger partial charge in [0.05, 0.1) is 19.7 Å². The van der Waals surface area contributed by atoms with E-state index >= 15 is 0 Å². The molecule has 1 saturated heterocycles. The highest BCUT2D eigenvalue weighted by Crippen LogP contribution is 2.29. The van der Waals surface area contributed by atoms with E-state index in [0.717, 1.165) is 36.8 Å². The van der Waals surface area contributed by atoms with Gasteiger partial charge < -0.3 is 38.8 Å². The number of hydrogen-bond acceptors (Lipinski definition) is 8. The maximum absolute atomic E-state index is 13.2. The molecule has 4 rings (SSSR count). The summed E-state index contributed by atoms with van der Waals surface area (Å²) >= 11 is 0. The minimum Gasteiger partial charge on any atom is -0.504 e. The number of pyridine rings is 1. The quantitative estimate of drug-likeness (QED) is 0.396. The number of methoxy groups -OCH3 is 2. The highest BCUT2D eigenvalue weighted by atomic mass is 16.6. The summed E-state index contributed by atoms with van der Waals surface area (Å²) in [6, 6.07) is 11.6. The van der Waals surface area contributed by atoms with Crippen molar-refractivity contribution in [2.45, 2.75) is 58.3 Å². The number of likely N-dealkylation sites (tertiary alicyclic amines) is 1. The van der Waals surface area contributed by atoms with E-state index in [1.807, 2.05) is 39.0 Å². The van der Waals surface area contributed by atoms with Gasteiger partial charge in [-0.3, -0.25) is 4.79 Å². The highest BCUT2D eigenvalue weighted by molar-refractivity contribution is 5.86. The Hall–Kier alpha value is -3.92. The zero-order chi connectivity index (χ0) is 29.0. The average molecular weight is 554 g/mol. The van der Waals surface area contributed by atoms with Gasteiger partial charge in [0.25, 0.3) is 5.56 Å². The third kappa shape index (κ3) is 6.80. The van der Waals surface area contributed by atoms with Crippen LogP contribution in [0.15, 0.2) is 47.3 Å². The Bertz CT molecular complexity index is 1400. The van der Waals surface area contributed by atoms with E-state index in [9.17, 15) is 19.8 Å². The lowest BCUT2D eigenvalue weighted by molar-refractivity contribution is 0.00564. The number of hydrogen-bond donors (Lipinski definition) is 2. The van der Waals surface area contributed by atoms with Crippen LogP contribution in [0.25, 0.3) is 10.9 Å². The van der Waals surface area contributed by atoms with Gasteiger partial charge in [-0.2, -0.15) is 0 Å². The highest BCUT2D eigenvalue weighted by Gasteiger charge is 2.31. The van der Waals surface area contributed by atoms with E-state index in [0.29, 0.717) is 30.2 Å². The van der Waals surface area contributed by atoms with Crippen LogP contribution in [0.5, 0.6) is 23.0 Å². The monoisotopic (exact) mass is 553 g/mol. The molecule has 2 aromatic carbocycles. The first-order chi connectivity index (χ1) is 19.0. The van der Waals surface area contributed by atoms with Crippen LogP contribution in [0.4, 0.5) is 4.79 Å². The lowest BCUT2D eigenvalue weighted by atomic mass is 10.0. The molecule has 2 N–H and O–H groups in total. The fraction of sp³-hybridized carbons (Fsp3) is 0.467. The summed E-state index contributed by atoms with van der Waals surface area (Å²) < 4.78 is 18.3.